The van der Waals surface area contributed by atoms with Crippen LogP contribution in [0.5, 0.6) is 0 Å². The fraction of sp³-hybridized carbons (Fsp3) is 0.250. The van der Waals surface area contributed by atoms with Gasteiger partial charge in [0.1, 0.15) is 0 Å². The van der Waals surface area contributed by atoms with Crippen LogP contribution in [-0.2, 0) is 6.42 Å². The molecule has 1 rings (SSSR count). The maximum Gasteiger partial charge on any atom is 0.0710 e. The summed E-state index contributed by atoms with van der Waals surface area (Å²) in [7, 11) is 0. The summed E-state index contributed by atoms with van der Waals surface area (Å²) >= 11 is 11.0. The van der Waals surface area contributed by atoms with Crippen molar-refractivity contribution in [3.05, 3.63) is 29.8 Å². The topological polar surface area (TPSA) is 23.5 Å². The van der Waals surface area contributed by atoms with Gasteiger partial charge in [0.2, 0.25) is 0 Å². The number of benzene rings is 1. The van der Waals surface area contributed by atoms with Crippen LogP contribution in [0.3, 0.4) is 0 Å². The van der Waals surface area contributed by atoms with Crippen LogP contribution >= 0.6 is 23.6 Å². The van der Waals surface area contributed by atoms with Crippen molar-refractivity contribution in [1.82, 2.24) is 0 Å². The molecule has 12 heavy (non-hydrogen) atoms. The first-order chi connectivity index (χ1) is 5.74. The molecule has 0 saturated carbocycles. The first-order valence-electron chi connectivity index (χ1n) is 3.55. The molecule has 0 aliphatic rings. The number of halogens is 2. The van der Waals surface area contributed by atoms with E-state index in [-0.39, 0.29) is 6.61 Å². The number of rotatable bonds is 3. The van der Waals surface area contributed by atoms with Crippen molar-refractivity contribution in [2.75, 3.05) is 10.5 Å². The SMILES string of the molecule is OCCc1ccc(N(Cl)Cl)cc1. The molecule has 0 atom stereocenters. The molecule has 1 aromatic rings. The molecular formula is C8H9Cl2NO. The van der Waals surface area contributed by atoms with E-state index in [0.717, 1.165) is 15.2 Å². The molecule has 0 fully saturated rings. The summed E-state index contributed by atoms with van der Waals surface area (Å²) in [6.07, 6.45) is 0.658. The largest absolute Gasteiger partial charge is 0.396 e. The second-order valence-corrected chi connectivity index (χ2v) is 3.22. The summed E-state index contributed by atoms with van der Waals surface area (Å²) in [5.41, 5.74) is 1.79. The lowest BCUT2D eigenvalue weighted by Gasteiger charge is -2.05. The zero-order valence-electron chi connectivity index (χ0n) is 6.37. The average molecular weight is 206 g/mol. The molecule has 0 saturated heterocycles. The third-order valence-electron chi connectivity index (χ3n) is 1.53. The van der Waals surface area contributed by atoms with E-state index < -0.39 is 0 Å². The van der Waals surface area contributed by atoms with Gasteiger partial charge in [0.25, 0.3) is 0 Å². The van der Waals surface area contributed by atoms with E-state index in [4.69, 9.17) is 28.7 Å². The minimum atomic E-state index is 0.158. The molecule has 0 aromatic heterocycles. The van der Waals surface area contributed by atoms with Crippen LogP contribution in [-0.4, -0.2) is 11.7 Å². The second-order valence-electron chi connectivity index (χ2n) is 2.37. The number of nitrogens with zero attached hydrogens (tertiary/aromatic N) is 1. The van der Waals surface area contributed by atoms with E-state index in [0.29, 0.717) is 6.42 Å². The van der Waals surface area contributed by atoms with Gasteiger partial charge in [-0.3, -0.25) is 0 Å². The lowest BCUT2D eigenvalue weighted by atomic mass is 10.1. The summed E-state index contributed by atoms with van der Waals surface area (Å²) in [6, 6.07) is 7.35. The maximum atomic E-state index is 8.64. The van der Waals surface area contributed by atoms with E-state index in [9.17, 15) is 0 Å². The standard InChI is InChI=1S/C8H9Cl2NO/c9-11(10)8-3-1-7(2-4-8)5-6-12/h1-4,12H,5-6H2. The van der Waals surface area contributed by atoms with Crippen LogP contribution < -0.4 is 3.94 Å². The highest BCUT2D eigenvalue weighted by molar-refractivity contribution is 6.49. The fourth-order valence-corrected chi connectivity index (χ4v) is 1.13. The van der Waals surface area contributed by atoms with Gasteiger partial charge >= 0.3 is 0 Å². The summed E-state index contributed by atoms with van der Waals surface area (Å²) in [6.45, 7) is 0.158. The molecule has 0 aliphatic heterocycles. The third kappa shape index (κ3) is 2.55. The van der Waals surface area contributed by atoms with Gasteiger partial charge in [-0.05, 0) is 24.1 Å². The molecule has 2 nitrogen and oxygen atoms in total. The molecule has 66 valence electrons. The Kier molecular flexibility index (Phi) is 3.66. The summed E-state index contributed by atoms with van der Waals surface area (Å²) < 4.78 is 1.00. The Morgan fingerprint density at radius 1 is 1.17 bits per heavy atom. The highest BCUT2D eigenvalue weighted by Crippen LogP contribution is 2.19. The van der Waals surface area contributed by atoms with Gasteiger partial charge < -0.3 is 5.11 Å². The third-order valence-corrected chi connectivity index (χ3v) is 1.92. The van der Waals surface area contributed by atoms with Crippen molar-refractivity contribution in [3.63, 3.8) is 0 Å². The normalized spacial score (nSPS) is 9.92. The van der Waals surface area contributed by atoms with E-state index in [1.165, 1.54) is 0 Å². The van der Waals surface area contributed by atoms with Crippen LogP contribution in [0, 0.1) is 0 Å². The Balaban J connectivity index is 2.71. The minimum absolute atomic E-state index is 0.158. The summed E-state index contributed by atoms with van der Waals surface area (Å²) in [5.74, 6) is 0. The molecule has 0 amide bonds. The van der Waals surface area contributed by atoms with Crippen molar-refractivity contribution in [2.24, 2.45) is 0 Å². The van der Waals surface area contributed by atoms with Crippen LogP contribution in [0.1, 0.15) is 5.56 Å². The van der Waals surface area contributed by atoms with E-state index in [1.54, 1.807) is 12.1 Å². The molecule has 0 radical (unpaired) electrons. The highest BCUT2D eigenvalue weighted by atomic mass is 35.5. The van der Waals surface area contributed by atoms with Crippen molar-refractivity contribution < 1.29 is 5.11 Å². The molecule has 1 N–H and O–H groups in total. The Morgan fingerprint density at radius 2 is 1.75 bits per heavy atom. The molecule has 0 heterocycles. The van der Waals surface area contributed by atoms with Crippen molar-refractivity contribution in [2.45, 2.75) is 6.42 Å². The van der Waals surface area contributed by atoms with Gasteiger partial charge in [0.15, 0.2) is 0 Å². The molecule has 0 spiro atoms. The Bertz CT molecular complexity index is 235. The number of hydrogen-bond donors (Lipinski definition) is 1. The van der Waals surface area contributed by atoms with Crippen LogP contribution in [0.2, 0.25) is 0 Å². The van der Waals surface area contributed by atoms with Crippen LogP contribution in [0.4, 0.5) is 5.69 Å². The van der Waals surface area contributed by atoms with E-state index in [1.807, 2.05) is 12.1 Å². The smallest absolute Gasteiger partial charge is 0.0710 e. The molecular weight excluding hydrogens is 197 g/mol. The van der Waals surface area contributed by atoms with E-state index >= 15 is 0 Å². The maximum absolute atomic E-state index is 8.64. The molecule has 4 heteroatoms. The summed E-state index contributed by atoms with van der Waals surface area (Å²) in [4.78, 5) is 0. The van der Waals surface area contributed by atoms with Crippen molar-refractivity contribution in [1.29, 1.82) is 0 Å². The summed E-state index contributed by atoms with van der Waals surface area (Å²) in [5, 5.41) is 8.64. The zero-order valence-corrected chi connectivity index (χ0v) is 7.89. The Hall–Kier alpha value is -0.440. The lowest BCUT2D eigenvalue weighted by Crippen LogP contribution is -1.93. The predicted octanol–water partition coefficient (Wildman–Crippen LogP) is 2.34. The lowest BCUT2D eigenvalue weighted by molar-refractivity contribution is 0.299. The van der Waals surface area contributed by atoms with Gasteiger partial charge in [-0.25, -0.2) is 0 Å². The number of aliphatic hydroxyl groups excluding tert-OH is 1. The van der Waals surface area contributed by atoms with E-state index in [2.05, 4.69) is 0 Å². The number of anilines is 1. The zero-order chi connectivity index (χ0) is 8.97. The Labute approximate surface area is 81.5 Å². The van der Waals surface area contributed by atoms with Crippen LogP contribution in [0.15, 0.2) is 24.3 Å². The molecule has 0 aliphatic carbocycles. The second kappa shape index (κ2) is 4.55. The first-order valence-corrected chi connectivity index (χ1v) is 4.23. The van der Waals surface area contributed by atoms with Gasteiger partial charge in [-0.15, -0.1) is 0 Å². The average Bonchev–Trinajstić information content (AvgIpc) is 2.06. The van der Waals surface area contributed by atoms with Gasteiger partial charge in [-0.2, -0.15) is 3.94 Å². The molecule has 0 bridgehead atoms. The Morgan fingerprint density at radius 3 is 2.17 bits per heavy atom. The number of hydrogen-bond acceptors (Lipinski definition) is 2. The predicted molar refractivity (Wildman–Crippen MR) is 51.4 cm³/mol. The molecule has 0 unspecified atom stereocenters. The molecule has 1 aromatic carbocycles. The fourth-order valence-electron chi connectivity index (χ4n) is 0.904. The highest BCUT2D eigenvalue weighted by Gasteiger charge is 1.98. The van der Waals surface area contributed by atoms with Crippen LogP contribution in [0.25, 0.3) is 0 Å². The van der Waals surface area contributed by atoms with Gasteiger partial charge in [-0.1, -0.05) is 12.1 Å². The van der Waals surface area contributed by atoms with Crippen molar-refractivity contribution >= 4 is 29.2 Å². The van der Waals surface area contributed by atoms with Crippen molar-refractivity contribution in [3.8, 4) is 0 Å². The first kappa shape index (κ1) is 9.65. The van der Waals surface area contributed by atoms with Gasteiger partial charge in [0.05, 0.1) is 5.69 Å². The monoisotopic (exact) mass is 205 g/mol. The quantitative estimate of drug-likeness (QED) is 0.767. The number of aliphatic hydroxyl groups is 1. The minimum Gasteiger partial charge on any atom is -0.396 e. The van der Waals surface area contributed by atoms with Gasteiger partial charge in [0, 0.05) is 30.2 Å².